The van der Waals surface area contributed by atoms with Crippen LogP contribution in [0.2, 0.25) is 0 Å². The van der Waals surface area contributed by atoms with Gasteiger partial charge in [-0.15, -0.1) is 0 Å². The molecule has 0 aliphatic rings. The molecule has 0 saturated heterocycles. The Morgan fingerprint density at radius 3 is 1.77 bits per heavy atom. The minimum atomic E-state index is -0.0684. The van der Waals surface area contributed by atoms with Gasteiger partial charge in [0.1, 0.15) is 0 Å². The van der Waals surface area contributed by atoms with E-state index in [0.717, 1.165) is 5.69 Å². The van der Waals surface area contributed by atoms with Crippen LogP contribution in [0.3, 0.4) is 0 Å². The molecule has 0 aromatic heterocycles. The number of rotatable bonds is 12. The van der Waals surface area contributed by atoms with Gasteiger partial charge in [-0.05, 0) is 77.0 Å². The van der Waals surface area contributed by atoms with Crippen LogP contribution in [-0.2, 0) is 10.8 Å². The lowest BCUT2D eigenvalue weighted by atomic mass is 9.69. The number of hydrogen-bond donors (Lipinski definition) is 1. The summed E-state index contributed by atoms with van der Waals surface area (Å²) in [6, 6.07) is 39.7. The molecule has 0 aliphatic carbocycles. The van der Waals surface area contributed by atoms with E-state index >= 15 is 0 Å². The van der Waals surface area contributed by atoms with Gasteiger partial charge >= 0.3 is 0 Å². The van der Waals surface area contributed by atoms with Gasteiger partial charge in [0.2, 0.25) is 0 Å². The minimum absolute atomic E-state index is 0.0684. The minimum Gasteiger partial charge on any atom is -0.355 e. The SMILES string of the molecule is CCCC(CCC(C)c1cc(C(C)(C)c2ccccc2)ccc1Nc1ccccc1)C(C)(C)c1ccccc1. The van der Waals surface area contributed by atoms with Crippen molar-refractivity contribution in [3.63, 3.8) is 0 Å². The summed E-state index contributed by atoms with van der Waals surface area (Å²) < 4.78 is 0. The smallest absolute Gasteiger partial charge is 0.0419 e. The molecule has 1 heteroatoms. The van der Waals surface area contributed by atoms with Gasteiger partial charge in [0, 0.05) is 16.8 Å². The fraction of sp³-hybridized carbons (Fsp3) is 0.368. The van der Waals surface area contributed by atoms with Crippen molar-refractivity contribution in [1.82, 2.24) is 0 Å². The molecule has 0 saturated carbocycles. The highest BCUT2D eigenvalue weighted by Crippen LogP contribution is 2.41. The summed E-state index contributed by atoms with van der Waals surface area (Å²) in [5.74, 6) is 1.08. The molecule has 39 heavy (non-hydrogen) atoms. The van der Waals surface area contributed by atoms with Crippen molar-refractivity contribution in [3.8, 4) is 0 Å². The third-order valence-electron chi connectivity index (χ3n) is 8.98. The van der Waals surface area contributed by atoms with Crippen LogP contribution in [0.5, 0.6) is 0 Å². The van der Waals surface area contributed by atoms with E-state index in [1.807, 2.05) is 0 Å². The van der Waals surface area contributed by atoms with Crippen LogP contribution >= 0.6 is 0 Å². The number of para-hydroxylation sites is 1. The normalized spacial score (nSPS) is 13.6. The third-order valence-corrected chi connectivity index (χ3v) is 8.98. The topological polar surface area (TPSA) is 12.0 Å². The van der Waals surface area contributed by atoms with Crippen LogP contribution < -0.4 is 5.32 Å². The van der Waals surface area contributed by atoms with Gasteiger partial charge in [0.15, 0.2) is 0 Å². The van der Waals surface area contributed by atoms with Crippen molar-refractivity contribution in [2.45, 2.75) is 84.0 Å². The Labute approximate surface area is 237 Å². The molecule has 0 amide bonds. The molecule has 4 rings (SSSR count). The standard InChI is InChI=1S/C38H47N/c1-7-17-30(37(3,4)31-18-11-8-12-19-31)25-24-29(2)35-28-33(38(5,6)32-20-13-9-14-21-32)26-27-36(35)39-34-22-15-10-16-23-34/h8-16,18-23,26-30,39H,7,17,24-25H2,1-6H3. The Kier molecular flexibility index (Phi) is 9.33. The number of nitrogens with one attached hydrogen (secondary N) is 1. The molecule has 0 fully saturated rings. The van der Waals surface area contributed by atoms with Crippen LogP contribution in [0.25, 0.3) is 0 Å². The van der Waals surface area contributed by atoms with Crippen molar-refractivity contribution in [1.29, 1.82) is 0 Å². The zero-order chi connectivity index (χ0) is 27.9. The Morgan fingerprint density at radius 2 is 1.18 bits per heavy atom. The Hall–Kier alpha value is -3.32. The molecule has 2 unspecified atom stereocenters. The molecule has 0 radical (unpaired) electrons. The van der Waals surface area contributed by atoms with Crippen LogP contribution in [0.15, 0.2) is 109 Å². The van der Waals surface area contributed by atoms with Crippen molar-refractivity contribution < 1.29 is 0 Å². The Balaban J connectivity index is 1.64. The lowest BCUT2D eigenvalue weighted by Gasteiger charge is -2.36. The van der Waals surface area contributed by atoms with Gasteiger partial charge < -0.3 is 5.32 Å². The molecule has 4 aromatic carbocycles. The molecular formula is C38H47N. The molecule has 2 atom stereocenters. The van der Waals surface area contributed by atoms with Gasteiger partial charge in [0.05, 0.1) is 0 Å². The molecule has 204 valence electrons. The summed E-state index contributed by atoms with van der Waals surface area (Å²) in [6.07, 6.45) is 4.86. The highest BCUT2D eigenvalue weighted by Gasteiger charge is 2.31. The lowest BCUT2D eigenvalue weighted by Crippen LogP contribution is -2.29. The van der Waals surface area contributed by atoms with E-state index in [2.05, 4.69) is 156 Å². The van der Waals surface area contributed by atoms with Gasteiger partial charge in [-0.3, -0.25) is 0 Å². The summed E-state index contributed by atoms with van der Waals surface area (Å²) >= 11 is 0. The van der Waals surface area contributed by atoms with Crippen LogP contribution in [0.4, 0.5) is 11.4 Å². The first-order valence-electron chi connectivity index (χ1n) is 14.8. The molecule has 1 nitrogen and oxygen atoms in total. The van der Waals surface area contributed by atoms with Crippen LogP contribution in [0, 0.1) is 5.92 Å². The van der Waals surface area contributed by atoms with Crippen molar-refractivity contribution in [2.75, 3.05) is 5.32 Å². The molecule has 4 aromatic rings. The first kappa shape index (κ1) is 28.7. The zero-order valence-electron chi connectivity index (χ0n) is 24.9. The second kappa shape index (κ2) is 12.7. The predicted molar refractivity (Wildman–Crippen MR) is 170 cm³/mol. The first-order valence-corrected chi connectivity index (χ1v) is 14.8. The fourth-order valence-corrected chi connectivity index (χ4v) is 6.10. The largest absolute Gasteiger partial charge is 0.355 e. The van der Waals surface area contributed by atoms with Crippen molar-refractivity contribution in [3.05, 3.63) is 131 Å². The van der Waals surface area contributed by atoms with Crippen LogP contribution in [0.1, 0.15) is 95.4 Å². The second-order valence-electron chi connectivity index (χ2n) is 12.3. The Morgan fingerprint density at radius 1 is 0.615 bits per heavy atom. The van der Waals surface area contributed by atoms with E-state index < -0.39 is 0 Å². The summed E-state index contributed by atoms with van der Waals surface area (Å²) in [5, 5.41) is 3.74. The monoisotopic (exact) mass is 517 g/mol. The number of hydrogen-bond acceptors (Lipinski definition) is 1. The zero-order valence-corrected chi connectivity index (χ0v) is 24.9. The van der Waals surface area contributed by atoms with Gasteiger partial charge in [-0.25, -0.2) is 0 Å². The predicted octanol–water partition coefficient (Wildman–Crippen LogP) is 11.0. The van der Waals surface area contributed by atoms with Gasteiger partial charge in [-0.1, -0.05) is 139 Å². The van der Waals surface area contributed by atoms with E-state index in [-0.39, 0.29) is 10.8 Å². The third kappa shape index (κ3) is 6.82. The lowest BCUT2D eigenvalue weighted by molar-refractivity contribution is 0.267. The van der Waals surface area contributed by atoms with E-state index in [0.29, 0.717) is 11.8 Å². The fourth-order valence-electron chi connectivity index (χ4n) is 6.10. The van der Waals surface area contributed by atoms with E-state index in [1.54, 1.807) is 0 Å². The van der Waals surface area contributed by atoms with Crippen LogP contribution in [-0.4, -0.2) is 0 Å². The number of anilines is 2. The maximum absolute atomic E-state index is 3.74. The number of benzene rings is 4. The molecular weight excluding hydrogens is 470 g/mol. The van der Waals surface area contributed by atoms with Crippen molar-refractivity contribution >= 4 is 11.4 Å². The summed E-state index contributed by atoms with van der Waals surface area (Å²) in [6.45, 7) is 14.3. The van der Waals surface area contributed by atoms with E-state index in [4.69, 9.17) is 0 Å². The van der Waals surface area contributed by atoms with E-state index in [9.17, 15) is 0 Å². The molecule has 0 aliphatic heterocycles. The summed E-state index contributed by atoms with van der Waals surface area (Å²) in [7, 11) is 0. The van der Waals surface area contributed by atoms with Gasteiger partial charge in [0.25, 0.3) is 0 Å². The molecule has 0 heterocycles. The molecule has 0 spiro atoms. The summed E-state index contributed by atoms with van der Waals surface area (Å²) in [5.41, 5.74) is 8.01. The maximum atomic E-state index is 3.74. The van der Waals surface area contributed by atoms with Gasteiger partial charge in [-0.2, -0.15) is 0 Å². The maximum Gasteiger partial charge on any atom is 0.0419 e. The Bertz CT molecular complexity index is 1290. The average molecular weight is 518 g/mol. The highest BCUT2D eigenvalue weighted by molar-refractivity contribution is 5.65. The van der Waals surface area contributed by atoms with E-state index in [1.165, 1.54) is 53.6 Å². The molecule has 0 bridgehead atoms. The average Bonchev–Trinajstić information content (AvgIpc) is 2.96. The molecule has 1 N–H and O–H groups in total. The first-order chi connectivity index (χ1) is 18.7. The second-order valence-corrected chi connectivity index (χ2v) is 12.3. The van der Waals surface area contributed by atoms with Crippen molar-refractivity contribution in [2.24, 2.45) is 5.92 Å². The highest BCUT2D eigenvalue weighted by atomic mass is 14.9. The quantitative estimate of drug-likeness (QED) is 0.197. The summed E-state index contributed by atoms with van der Waals surface area (Å²) in [4.78, 5) is 0.